The second-order valence-electron chi connectivity index (χ2n) is 9.80. The van der Waals surface area contributed by atoms with Crippen LogP contribution in [0.5, 0.6) is 0 Å². The van der Waals surface area contributed by atoms with E-state index in [-0.39, 0.29) is 22.4 Å². The first-order valence-electron chi connectivity index (χ1n) is 10.3. The zero-order chi connectivity index (χ0) is 18.7. The lowest BCUT2D eigenvalue weighted by molar-refractivity contribution is -0.131. The molecule has 0 spiro atoms. The van der Waals surface area contributed by atoms with Crippen molar-refractivity contribution in [2.24, 2.45) is 39.7 Å². The zero-order valence-electron chi connectivity index (χ0n) is 16.3. The molecule has 0 radical (unpaired) electrons. The number of carbonyl (C=O) groups is 2. The predicted molar refractivity (Wildman–Crippen MR) is 100 cm³/mol. The van der Waals surface area contributed by atoms with E-state index in [0.717, 1.165) is 30.5 Å². The van der Waals surface area contributed by atoms with Crippen LogP contribution in [0.15, 0.2) is 16.8 Å². The Hall–Kier alpha value is -1.45. The van der Waals surface area contributed by atoms with Gasteiger partial charge in [0.05, 0.1) is 5.71 Å². The summed E-state index contributed by atoms with van der Waals surface area (Å²) in [6.07, 6.45) is 9.29. The molecule has 4 aliphatic carbocycles. The van der Waals surface area contributed by atoms with Crippen LogP contribution in [0.4, 0.5) is 0 Å². The van der Waals surface area contributed by atoms with Gasteiger partial charge >= 0.3 is 0 Å². The maximum Gasteiger partial charge on any atom is 0.159 e. The number of ketones is 2. The minimum Gasteiger partial charge on any atom is -0.411 e. The van der Waals surface area contributed by atoms with Crippen molar-refractivity contribution in [2.45, 2.75) is 72.1 Å². The Kier molecular flexibility index (Phi) is 4.16. The van der Waals surface area contributed by atoms with Gasteiger partial charge in [-0.1, -0.05) is 19.0 Å². The molecule has 0 aliphatic heterocycles. The van der Waals surface area contributed by atoms with Gasteiger partial charge in [0.2, 0.25) is 0 Å². The number of hydrogen-bond donors (Lipinski definition) is 1. The van der Waals surface area contributed by atoms with Crippen molar-refractivity contribution in [2.75, 3.05) is 0 Å². The van der Waals surface area contributed by atoms with Crippen molar-refractivity contribution in [3.8, 4) is 0 Å². The van der Waals surface area contributed by atoms with E-state index in [1.165, 1.54) is 19.3 Å². The number of hydrogen-bond acceptors (Lipinski definition) is 4. The Morgan fingerprint density at radius 2 is 1.96 bits per heavy atom. The van der Waals surface area contributed by atoms with Crippen molar-refractivity contribution in [3.05, 3.63) is 11.6 Å². The van der Waals surface area contributed by atoms with Crippen LogP contribution < -0.4 is 0 Å². The van der Waals surface area contributed by atoms with E-state index in [9.17, 15) is 9.59 Å². The Bertz CT molecular complexity index is 708. The summed E-state index contributed by atoms with van der Waals surface area (Å²) in [4.78, 5) is 24.9. The fraction of sp³-hybridized carbons (Fsp3) is 0.773. The summed E-state index contributed by atoms with van der Waals surface area (Å²) in [6, 6.07) is 0. The molecule has 0 bridgehead atoms. The molecule has 3 saturated carbocycles. The molecule has 26 heavy (non-hydrogen) atoms. The van der Waals surface area contributed by atoms with E-state index in [1.807, 2.05) is 6.92 Å². The summed E-state index contributed by atoms with van der Waals surface area (Å²) in [6.45, 7) is 6.57. The highest BCUT2D eigenvalue weighted by atomic mass is 16.4. The van der Waals surface area contributed by atoms with Crippen molar-refractivity contribution < 1.29 is 14.8 Å². The molecule has 6 unspecified atom stereocenters. The molecular weight excluding hydrogens is 326 g/mol. The Morgan fingerprint density at radius 1 is 1.19 bits per heavy atom. The van der Waals surface area contributed by atoms with Gasteiger partial charge < -0.3 is 5.21 Å². The molecule has 0 saturated heterocycles. The molecule has 6 atom stereocenters. The van der Waals surface area contributed by atoms with Crippen molar-refractivity contribution in [1.29, 1.82) is 0 Å². The number of carbonyl (C=O) groups excluding carboxylic acids is 2. The molecule has 4 nitrogen and oxygen atoms in total. The van der Waals surface area contributed by atoms with Crippen LogP contribution in [0, 0.1) is 34.5 Å². The molecule has 0 aromatic heterocycles. The van der Waals surface area contributed by atoms with Gasteiger partial charge in [-0.2, -0.15) is 0 Å². The van der Waals surface area contributed by atoms with E-state index in [1.54, 1.807) is 6.08 Å². The number of Topliss-reactive ketones (excluding diaryl/α,β-unsaturated/α-hetero) is 1. The number of rotatable bonds is 2. The Balaban J connectivity index is 1.65. The highest BCUT2D eigenvalue weighted by molar-refractivity contribution is 6.05. The van der Waals surface area contributed by atoms with Gasteiger partial charge in [0, 0.05) is 18.4 Å². The predicted octanol–water partition coefficient (Wildman–Crippen LogP) is 4.55. The third-order valence-electron chi connectivity index (χ3n) is 8.70. The van der Waals surface area contributed by atoms with Crippen LogP contribution in [0.1, 0.15) is 72.1 Å². The van der Waals surface area contributed by atoms with Gasteiger partial charge in [-0.05, 0) is 86.0 Å². The molecule has 3 fully saturated rings. The maximum atomic E-state index is 13.0. The monoisotopic (exact) mass is 357 g/mol. The lowest BCUT2D eigenvalue weighted by Gasteiger charge is -2.57. The first kappa shape index (κ1) is 17.9. The zero-order valence-corrected chi connectivity index (χ0v) is 16.3. The summed E-state index contributed by atoms with van der Waals surface area (Å²) in [5, 5.41) is 12.5. The number of nitrogens with zero attached hydrogens (tertiary/aromatic N) is 1. The van der Waals surface area contributed by atoms with Gasteiger partial charge in [-0.25, -0.2) is 0 Å². The first-order valence-corrected chi connectivity index (χ1v) is 10.3. The Labute approximate surface area is 156 Å². The molecule has 4 heteroatoms. The normalized spacial score (nSPS) is 45.7. The summed E-state index contributed by atoms with van der Waals surface area (Å²) in [5.74, 6) is 2.47. The minimum atomic E-state index is -0.101. The maximum absolute atomic E-state index is 13.0. The lowest BCUT2D eigenvalue weighted by Crippen LogP contribution is -2.52. The Morgan fingerprint density at radius 3 is 2.69 bits per heavy atom. The van der Waals surface area contributed by atoms with E-state index >= 15 is 0 Å². The van der Waals surface area contributed by atoms with E-state index in [4.69, 9.17) is 5.21 Å². The largest absolute Gasteiger partial charge is 0.411 e. The third kappa shape index (κ3) is 2.44. The fourth-order valence-electron chi connectivity index (χ4n) is 7.23. The molecule has 0 aromatic rings. The average molecular weight is 357 g/mol. The van der Waals surface area contributed by atoms with Gasteiger partial charge in [0.1, 0.15) is 0 Å². The van der Waals surface area contributed by atoms with Gasteiger partial charge in [0.15, 0.2) is 11.6 Å². The minimum absolute atomic E-state index is 0.101. The van der Waals surface area contributed by atoms with Crippen LogP contribution in [0.2, 0.25) is 0 Å². The van der Waals surface area contributed by atoms with Crippen molar-refractivity contribution >= 4 is 17.3 Å². The van der Waals surface area contributed by atoms with Crippen molar-refractivity contribution in [3.63, 3.8) is 0 Å². The molecule has 0 aromatic carbocycles. The third-order valence-corrected chi connectivity index (χ3v) is 8.70. The topological polar surface area (TPSA) is 66.7 Å². The summed E-state index contributed by atoms with van der Waals surface area (Å²) in [7, 11) is 0. The molecule has 4 aliphatic rings. The van der Waals surface area contributed by atoms with Gasteiger partial charge in [-0.3, -0.25) is 9.59 Å². The van der Waals surface area contributed by atoms with E-state index < -0.39 is 0 Å². The van der Waals surface area contributed by atoms with Gasteiger partial charge in [-0.15, -0.1) is 0 Å². The second-order valence-corrected chi connectivity index (χ2v) is 9.80. The summed E-state index contributed by atoms with van der Waals surface area (Å²) in [5.41, 5.74) is 1.80. The molecule has 142 valence electrons. The summed E-state index contributed by atoms with van der Waals surface area (Å²) < 4.78 is 0. The standard InChI is InChI=1S/C22H31NO3/c1-13(23-26)10-14-4-5-17-16-12-20(25)19-11-15(24)6-8-22(19,3)18(16)7-9-21(14,17)2/h11,14,16-18,26H,4-10,12H2,1-3H3/b23-13-. The van der Waals surface area contributed by atoms with E-state index in [0.29, 0.717) is 36.5 Å². The molecule has 0 heterocycles. The van der Waals surface area contributed by atoms with Crippen LogP contribution in [-0.2, 0) is 9.59 Å². The molecular formula is C22H31NO3. The average Bonchev–Trinajstić information content (AvgIpc) is 2.93. The lowest BCUT2D eigenvalue weighted by atomic mass is 9.46. The smallest absolute Gasteiger partial charge is 0.159 e. The van der Waals surface area contributed by atoms with Crippen LogP contribution in [0.25, 0.3) is 0 Å². The highest BCUT2D eigenvalue weighted by Gasteiger charge is 2.60. The van der Waals surface area contributed by atoms with Crippen LogP contribution in [-0.4, -0.2) is 22.5 Å². The molecule has 0 amide bonds. The molecule has 4 rings (SSSR count). The van der Waals surface area contributed by atoms with Gasteiger partial charge in [0.25, 0.3) is 0 Å². The molecule has 1 N–H and O–H groups in total. The van der Waals surface area contributed by atoms with Crippen LogP contribution >= 0.6 is 0 Å². The van der Waals surface area contributed by atoms with Crippen molar-refractivity contribution in [1.82, 2.24) is 0 Å². The second kappa shape index (κ2) is 6.03. The SMILES string of the molecule is C/C(CC1CCC2C3CC(=O)C4=CC(=O)CCC4(C)C3CCC12C)=N/O. The quantitative estimate of drug-likeness (QED) is 0.448. The van der Waals surface area contributed by atoms with Crippen LogP contribution in [0.3, 0.4) is 0 Å². The van der Waals surface area contributed by atoms with E-state index in [2.05, 4.69) is 19.0 Å². The first-order chi connectivity index (χ1) is 12.3. The summed E-state index contributed by atoms with van der Waals surface area (Å²) >= 11 is 0. The number of oxime groups is 1. The highest BCUT2D eigenvalue weighted by Crippen LogP contribution is 2.66. The number of fused-ring (bicyclic) bond motifs is 5. The fourth-order valence-corrected chi connectivity index (χ4v) is 7.23. The number of allylic oxidation sites excluding steroid dienone is 1.